The van der Waals surface area contributed by atoms with Gasteiger partial charge in [0.25, 0.3) is 11.0 Å². The van der Waals surface area contributed by atoms with E-state index in [1.165, 1.54) is 0 Å². The molecule has 1 rings (SSSR count). The van der Waals surface area contributed by atoms with E-state index in [9.17, 15) is 19.7 Å². The van der Waals surface area contributed by atoms with Crippen molar-refractivity contribution in [3.8, 4) is 0 Å². The molecular weight excluding hydrogens is 270 g/mol. The van der Waals surface area contributed by atoms with Crippen LogP contribution in [0.4, 0.5) is 0 Å². The maximum atomic E-state index is 11.7. The van der Waals surface area contributed by atoms with Crippen LogP contribution in [0.5, 0.6) is 0 Å². The molecule has 1 saturated heterocycles. The zero-order valence-electron chi connectivity index (χ0n) is 11.2. The third kappa shape index (κ3) is 6.32. The van der Waals surface area contributed by atoms with Crippen LogP contribution in [0.3, 0.4) is 0 Å². The Hall–Kier alpha value is -1.90. The Balaban J connectivity index is 2.11. The van der Waals surface area contributed by atoms with Crippen LogP contribution < -0.4 is 5.73 Å². The van der Waals surface area contributed by atoms with E-state index in [2.05, 4.69) is 4.84 Å². The van der Waals surface area contributed by atoms with Crippen molar-refractivity contribution in [2.75, 3.05) is 26.3 Å². The Morgan fingerprint density at radius 3 is 2.60 bits per heavy atom. The van der Waals surface area contributed by atoms with Gasteiger partial charge in [0.2, 0.25) is 0 Å². The zero-order valence-corrected chi connectivity index (χ0v) is 11.2. The van der Waals surface area contributed by atoms with Gasteiger partial charge in [0.15, 0.2) is 6.61 Å². The van der Waals surface area contributed by atoms with Gasteiger partial charge in [-0.3, -0.25) is 9.59 Å². The molecule has 0 bridgehead atoms. The topological polar surface area (TPSA) is 125 Å². The second-order valence-electron chi connectivity index (χ2n) is 4.54. The minimum absolute atomic E-state index is 0.0218. The molecule has 20 heavy (non-hydrogen) atoms. The van der Waals surface area contributed by atoms with Crippen LogP contribution in [0.2, 0.25) is 0 Å². The maximum absolute atomic E-state index is 11.7. The van der Waals surface area contributed by atoms with Crippen molar-refractivity contribution in [3.63, 3.8) is 0 Å². The van der Waals surface area contributed by atoms with Gasteiger partial charge in [-0.2, -0.15) is 0 Å². The molecule has 0 aliphatic carbocycles. The van der Waals surface area contributed by atoms with Crippen molar-refractivity contribution in [3.05, 3.63) is 10.1 Å². The smallest absolute Gasteiger partial charge is 0.306 e. The summed E-state index contributed by atoms with van der Waals surface area (Å²) in [6.07, 6.45) is 1.65. The maximum Gasteiger partial charge on any atom is 0.306 e. The van der Waals surface area contributed by atoms with E-state index in [-0.39, 0.29) is 38.0 Å². The van der Waals surface area contributed by atoms with Crippen LogP contribution in [0.25, 0.3) is 0 Å². The van der Waals surface area contributed by atoms with Crippen molar-refractivity contribution in [1.82, 2.24) is 4.90 Å². The molecule has 1 aliphatic rings. The molecule has 0 unspecified atom stereocenters. The van der Waals surface area contributed by atoms with Gasteiger partial charge in [-0.15, -0.1) is 10.1 Å². The van der Waals surface area contributed by atoms with E-state index in [0.29, 0.717) is 13.1 Å². The van der Waals surface area contributed by atoms with Crippen molar-refractivity contribution in [1.29, 1.82) is 0 Å². The van der Waals surface area contributed by atoms with Gasteiger partial charge in [-0.25, -0.2) is 0 Å². The predicted octanol–water partition coefficient (Wildman–Crippen LogP) is -0.532. The number of nitrogens with zero attached hydrogens (tertiary/aromatic N) is 2. The third-order valence-corrected chi connectivity index (χ3v) is 2.97. The van der Waals surface area contributed by atoms with Gasteiger partial charge < -0.3 is 20.2 Å². The molecule has 0 atom stereocenters. The number of likely N-dealkylation sites (tertiary alicyclic amines) is 1. The third-order valence-electron chi connectivity index (χ3n) is 2.97. The summed E-state index contributed by atoms with van der Waals surface area (Å²) in [5.41, 5.74) is 5.73. The summed E-state index contributed by atoms with van der Waals surface area (Å²) in [6.45, 7) is 0.687. The van der Waals surface area contributed by atoms with Gasteiger partial charge in [-0.1, -0.05) is 0 Å². The van der Waals surface area contributed by atoms with E-state index in [1.807, 2.05) is 0 Å². The highest BCUT2D eigenvalue weighted by Gasteiger charge is 2.21. The SMILES string of the molecule is NC1CCN(C(=O)COC(=O)CCCO[N+](=O)[O-])CC1. The number of piperidine rings is 1. The van der Waals surface area contributed by atoms with E-state index in [1.54, 1.807) is 4.90 Å². The molecule has 1 aliphatic heterocycles. The standard InChI is InChI=1S/C11H19N3O6/c12-9-3-5-13(6-4-9)10(15)8-19-11(16)2-1-7-20-14(17)18/h9H,1-8,12H2. The molecule has 0 spiro atoms. The van der Waals surface area contributed by atoms with Crippen LogP contribution in [-0.4, -0.2) is 54.2 Å². The average Bonchev–Trinajstić information content (AvgIpc) is 2.41. The number of ether oxygens (including phenoxy) is 1. The molecule has 1 amide bonds. The molecule has 0 radical (unpaired) electrons. The number of esters is 1. The molecule has 0 aromatic carbocycles. The number of rotatable bonds is 7. The van der Waals surface area contributed by atoms with Gasteiger partial charge in [0, 0.05) is 25.6 Å². The van der Waals surface area contributed by atoms with Crippen LogP contribution in [0, 0.1) is 10.1 Å². The van der Waals surface area contributed by atoms with E-state index < -0.39 is 11.1 Å². The highest BCUT2D eigenvalue weighted by molar-refractivity contribution is 5.80. The zero-order chi connectivity index (χ0) is 15.0. The molecular formula is C11H19N3O6. The van der Waals surface area contributed by atoms with Crippen molar-refractivity contribution < 1.29 is 24.3 Å². The van der Waals surface area contributed by atoms with Gasteiger partial charge in [-0.05, 0) is 19.3 Å². The minimum Gasteiger partial charge on any atom is -0.456 e. The Kier molecular flexibility index (Phi) is 6.71. The van der Waals surface area contributed by atoms with E-state index in [4.69, 9.17) is 10.5 Å². The van der Waals surface area contributed by atoms with Crippen LogP contribution in [0.15, 0.2) is 0 Å². The fourth-order valence-electron chi connectivity index (χ4n) is 1.81. The average molecular weight is 289 g/mol. The summed E-state index contributed by atoms with van der Waals surface area (Å²) < 4.78 is 4.80. The van der Waals surface area contributed by atoms with Gasteiger partial charge in [0.1, 0.15) is 0 Å². The Morgan fingerprint density at radius 2 is 2.00 bits per heavy atom. The number of carbonyl (C=O) groups is 2. The quantitative estimate of drug-likeness (QED) is 0.289. The van der Waals surface area contributed by atoms with Crippen molar-refractivity contribution in [2.45, 2.75) is 31.7 Å². The minimum atomic E-state index is -0.921. The lowest BCUT2D eigenvalue weighted by Crippen LogP contribution is -2.44. The Morgan fingerprint density at radius 1 is 1.35 bits per heavy atom. The largest absolute Gasteiger partial charge is 0.456 e. The number of hydrogen-bond acceptors (Lipinski definition) is 7. The fourth-order valence-corrected chi connectivity index (χ4v) is 1.81. The fraction of sp³-hybridized carbons (Fsp3) is 0.818. The lowest BCUT2D eigenvalue weighted by molar-refractivity contribution is -0.757. The first-order chi connectivity index (χ1) is 9.49. The Bertz CT molecular complexity index is 354. The highest BCUT2D eigenvalue weighted by Crippen LogP contribution is 2.08. The molecule has 1 fully saturated rings. The molecule has 0 saturated carbocycles. The summed E-state index contributed by atoms with van der Waals surface area (Å²) in [4.78, 5) is 38.5. The first-order valence-corrected chi connectivity index (χ1v) is 6.45. The normalized spacial score (nSPS) is 15.8. The van der Waals surface area contributed by atoms with Crippen LogP contribution in [0.1, 0.15) is 25.7 Å². The first kappa shape index (κ1) is 16.2. The molecule has 0 aromatic rings. The van der Waals surface area contributed by atoms with Crippen LogP contribution >= 0.6 is 0 Å². The summed E-state index contributed by atoms with van der Waals surface area (Å²) in [7, 11) is 0. The first-order valence-electron chi connectivity index (χ1n) is 6.45. The summed E-state index contributed by atoms with van der Waals surface area (Å²) >= 11 is 0. The monoisotopic (exact) mass is 289 g/mol. The Labute approximate surface area is 116 Å². The van der Waals surface area contributed by atoms with E-state index in [0.717, 1.165) is 12.8 Å². The number of hydrogen-bond donors (Lipinski definition) is 1. The number of amides is 1. The van der Waals surface area contributed by atoms with Gasteiger partial charge in [0.05, 0.1) is 6.61 Å². The number of carbonyl (C=O) groups excluding carboxylic acids is 2. The second-order valence-corrected chi connectivity index (χ2v) is 4.54. The number of nitrogens with two attached hydrogens (primary N) is 1. The lowest BCUT2D eigenvalue weighted by Gasteiger charge is -2.29. The summed E-state index contributed by atoms with van der Waals surface area (Å²) in [6, 6.07) is 0.128. The molecule has 9 heteroatoms. The van der Waals surface area contributed by atoms with Crippen LogP contribution in [-0.2, 0) is 19.2 Å². The molecule has 9 nitrogen and oxygen atoms in total. The van der Waals surface area contributed by atoms with Crippen molar-refractivity contribution in [2.24, 2.45) is 5.73 Å². The van der Waals surface area contributed by atoms with E-state index >= 15 is 0 Å². The molecule has 114 valence electrons. The lowest BCUT2D eigenvalue weighted by atomic mass is 10.1. The highest BCUT2D eigenvalue weighted by atomic mass is 16.9. The molecule has 2 N–H and O–H groups in total. The summed E-state index contributed by atoms with van der Waals surface area (Å²) in [5.74, 6) is -0.814. The van der Waals surface area contributed by atoms with Crippen molar-refractivity contribution >= 4 is 11.9 Å². The summed E-state index contributed by atoms with van der Waals surface area (Å²) in [5, 5.41) is 8.94. The molecule has 1 heterocycles. The molecule has 0 aromatic heterocycles. The van der Waals surface area contributed by atoms with Gasteiger partial charge >= 0.3 is 5.97 Å². The predicted molar refractivity (Wildman–Crippen MR) is 66.9 cm³/mol. The second kappa shape index (κ2) is 8.31.